The lowest BCUT2D eigenvalue weighted by atomic mass is 10.1. The Bertz CT molecular complexity index is 421. The van der Waals surface area contributed by atoms with Crippen LogP contribution in [-0.4, -0.2) is 40.2 Å². The van der Waals surface area contributed by atoms with E-state index in [-0.39, 0.29) is 18.5 Å². The van der Waals surface area contributed by atoms with Gasteiger partial charge in [-0.15, -0.1) is 5.10 Å². The van der Waals surface area contributed by atoms with Gasteiger partial charge in [0.1, 0.15) is 12.2 Å². The number of aromatic nitrogens is 3. The lowest BCUT2D eigenvalue weighted by Crippen LogP contribution is -2.40. The predicted octanol–water partition coefficient (Wildman–Crippen LogP) is 0.606. The van der Waals surface area contributed by atoms with E-state index in [9.17, 15) is 4.79 Å². The second-order valence-electron chi connectivity index (χ2n) is 4.30. The van der Waals surface area contributed by atoms with Gasteiger partial charge < -0.3 is 10.1 Å². The smallest absolute Gasteiger partial charge is 0.242 e. The molecule has 1 aliphatic heterocycles. The van der Waals surface area contributed by atoms with E-state index < -0.39 is 0 Å². The predicted molar refractivity (Wildman–Crippen MR) is 66.7 cm³/mol. The first-order valence-electron chi connectivity index (χ1n) is 6.18. The number of nitrogens with one attached hydrogen (secondary N) is 1. The monoisotopic (exact) mass is 250 g/mol. The second kappa shape index (κ2) is 6.30. The van der Waals surface area contributed by atoms with Crippen LogP contribution in [0.4, 0.5) is 0 Å². The summed E-state index contributed by atoms with van der Waals surface area (Å²) in [4.78, 5) is 11.8. The van der Waals surface area contributed by atoms with Crippen LogP contribution in [0.1, 0.15) is 25.5 Å². The number of nitrogens with zero attached hydrogens (tertiary/aromatic N) is 3. The number of rotatable bonds is 4. The molecule has 0 radical (unpaired) electrons. The normalized spacial score (nSPS) is 17.2. The van der Waals surface area contributed by atoms with Crippen molar-refractivity contribution in [2.75, 3.05) is 13.2 Å². The van der Waals surface area contributed by atoms with Crippen molar-refractivity contribution in [2.45, 2.75) is 32.4 Å². The third-order valence-electron chi connectivity index (χ3n) is 2.79. The summed E-state index contributed by atoms with van der Waals surface area (Å²) in [5, 5.41) is 10.8. The highest BCUT2D eigenvalue weighted by molar-refractivity contribution is 5.76. The Hall–Kier alpha value is -1.69. The SMILES string of the molecule is C/C=C/c1cn(CC(=O)NC2CCOCC2)nn1. The van der Waals surface area contributed by atoms with Crippen molar-refractivity contribution >= 4 is 12.0 Å². The second-order valence-corrected chi connectivity index (χ2v) is 4.30. The molecule has 6 nitrogen and oxygen atoms in total. The van der Waals surface area contributed by atoms with Gasteiger partial charge in [0.25, 0.3) is 0 Å². The van der Waals surface area contributed by atoms with Crippen LogP contribution in [0.15, 0.2) is 12.3 Å². The summed E-state index contributed by atoms with van der Waals surface area (Å²) in [5.41, 5.74) is 0.761. The Balaban J connectivity index is 1.82. The molecule has 0 aromatic carbocycles. The first-order chi connectivity index (χ1) is 8.78. The average molecular weight is 250 g/mol. The molecule has 98 valence electrons. The minimum Gasteiger partial charge on any atom is -0.381 e. The number of allylic oxidation sites excluding steroid dienone is 1. The molecule has 0 spiro atoms. The summed E-state index contributed by atoms with van der Waals surface area (Å²) >= 11 is 0. The van der Waals surface area contributed by atoms with Crippen molar-refractivity contribution in [3.05, 3.63) is 18.0 Å². The molecule has 0 saturated carbocycles. The number of ether oxygens (including phenoxy) is 1. The van der Waals surface area contributed by atoms with Crippen molar-refractivity contribution in [1.82, 2.24) is 20.3 Å². The molecule has 1 aliphatic rings. The Labute approximate surface area is 106 Å². The standard InChI is InChI=1S/C12H18N4O2/c1-2-3-11-8-16(15-14-11)9-12(17)13-10-4-6-18-7-5-10/h2-3,8,10H,4-7,9H2,1H3,(H,13,17)/b3-2+. The van der Waals surface area contributed by atoms with Gasteiger partial charge in [0.2, 0.25) is 5.91 Å². The van der Waals surface area contributed by atoms with Crippen LogP contribution >= 0.6 is 0 Å². The van der Waals surface area contributed by atoms with Crippen LogP contribution in [0.3, 0.4) is 0 Å². The fourth-order valence-electron chi connectivity index (χ4n) is 1.90. The van der Waals surface area contributed by atoms with Gasteiger partial charge in [-0.3, -0.25) is 4.79 Å². The van der Waals surface area contributed by atoms with Crippen molar-refractivity contribution in [2.24, 2.45) is 0 Å². The molecule has 1 saturated heterocycles. The Morgan fingerprint density at radius 2 is 2.39 bits per heavy atom. The summed E-state index contributed by atoms with van der Waals surface area (Å²) in [6.45, 7) is 3.57. The van der Waals surface area contributed by atoms with E-state index >= 15 is 0 Å². The maximum atomic E-state index is 11.8. The highest BCUT2D eigenvalue weighted by Gasteiger charge is 2.16. The van der Waals surface area contributed by atoms with Gasteiger partial charge >= 0.3 is 0 Å². The summed E-state index contributed by atoms with van der Waals surface area (Å²) in [6, 6.07) is 0.227. The quantitative estimate of drug-likeness (QED) is 0.850. The van der Waals surface area contributed by atoms with E-state index in [4.69, 9.17) is 4.74 Å². The Morgan fingerprint density at radius 3 is 3.11 bits per heavy atom. The van der Waals surface area contributed by atoms with Crippen LogP contribution in [0.5, 0.6) is 0 Å². The molecule has 2 rings (SSSR count). The van der Waals surface area contributed by atoms with E-state index in [1.165, 1.54) is 0 Å². The average Bonchev–Trinajstić information content (AvgIpc) is 2.78. The van der Waals surface area contributed by atoms with Crippen LogP contribution in [-0.2, 0) is 16.1 Å². The zero-order valence-electron chi connectivity index (χ0n) is 10.5. The summed E-state index contributed by atoms with van der Waals surface area (Å²) in [7, 11) is 0. The van der Waals surface area contributed by atoms with Gasteiger partial charge in [-0.1, -0.05) is 11.3 Å². The molecule has 0 aliphatic carbocycles. The van der Waals surface area contributed by atoms with Gasteiger partial charge in [0, 0.05) is 19.3 Å². The van der Waals surface area contributed by atoms with Crippen molar-refractivity contribution < 1.29 is 9.53 Å². The largest absolute Gasteiger partial charge is 0.381 e. The molecule has 0 atom stereocenters. The molecule has 6 heteroatoms. The summed E-state index contributed by atoms with van der Waals surface area (Å²) in [6.07, 6.45) is 7.25. The zero-order chi connectivity index (χ0) is 12.8. The number of carbonyl (C=O) groups excluding carboxylic acids is 1. The molecule has 1 aromatic heterocycles. The molecule has 18 heavy (non-hydrogen) atoms. The van der Waals surface area contributed by atoms with E-state index in [1.54, 1.807) is 10.9 Å². The lowest BCUT2D eigenvalue weighted by Gasteiger charge is -2.22. The highest BCUT2D eigenvalue weighted by atomic mass is 16.5. The molecule has 1 N–H and O–H groups in total. The van der Waals surface area contributed by atoms with Crippen LogP contribution in [0.25, 0.3) is 6.08 Å². The third-order valence-corrected chi connectivity index (χ3v) is 2.79. The molecule has 2 heterocycles. The molecular weight excluding hydrogens is 232 g/mol. The Kier molecular flexibility index (Phi) is 4.46. The van der Waals surface area contributed by atoms with Crippen LogP contribution in [0, 0.1) is 0 Å². The maximum Gasteiger partial charge on any atom is 0.242 e. The molecule has 0 unspecified atom stereocenters. The van der Waals surface area contributed by atoms with E-state index in [2.05, 4.69) is 15.6 Å². The van der Waals surface area contributed by atoms with Gasteiger partial charge in [0.05, 0.1) is 6.20 Å². The summed E-state index contributed by atoms with van der Waals surface area (Å²) in [5.74, 6) is -0.0289. The molecule has 0 bridgehead atoms. The van der Waals surface area contributed by atoms with Gasteiger partial charge in [-0.2, -0.15) is 0 Å². The number of hydrogen-bond donors (Lipinski definition) is 1. The van der Waals surface area contributed by atoms with E-state index in [0.29, 0.717) is 0 Å². The number of hydrogen-bond acceptors (Lipinski definition) is 4. The molecule has 1 aromatic rings. The van der Waals surface area contributed by atoms with Gasteiger partial charge in [-0.05, 0) is 25.8 Å². The van der Waals surface area contributed by atoms with Crippen LogP contribution < -0.4 is 5.32 Å². The highest BCUT2D eigenvalue weighted by Crippen LogP contribution is 2.06. The Morgan fingerprint density at radius 1 is 1.61 bits per heavy atom. The van der Waals surface area contributed by atoms with E-state index in [0.717, 1.165) is 31.7 Å². The minimum atomic E-state index is -0.0289. The van der Waals surface area contributed by atoms with Gasteiger partial charge in [0.15, 0.2) is 0 Å². The number of amides is 1. The zero-order valence-corrected chi connectivity index (χ0v) is 10.5. The summed E-state index contributed by atoms with van der Waals surface area (Å²) < 4.78 is 6.79. The maximum absolute atomic E-state index is 11.8. The molecule has 1 fully saturated rings. The van der Waals surface area contributed by atoms with E-state index in [1.807, 2.05) is 19.1 Å². The molecule has 1 amide bonds. The topological polar surface area (TPSA) is 69.0 Å². The van der Waals surface area contributed by atoms with Crippen molar-refractivity contribution in [3.8, 4) is 0 Å². The van der Waals surface area contributed by atoms with Gasteiger partial charge in [-0.25, -0.2) is 4.68 Å². The van der Waals surface area contributed by atoms with Crippen molar-refractivity contribution in [1.29, 1.82) is 0 Å². The van der Waals surface area contributed by atoms with Crippen molar-refractivity contribution in [3.63, 3.8) is 0 Å². The fraction of sp³-hybridized carbons (Fsp3) is 0.583. The van der Waals surface area contributed by atoms with Crippen LogP contribution in [0.2, 0.25) is 0 Å². The first kappa shape index (κ1) is 12.8. The molecular formula is C12H18N4O2. The third kappa shape index (κ3) is 3.66. The fourth-order valence-corrected chi connectivity index (χ4v) is 1.90. The minimum absolute atomic E-state index is 0.0289. The number of carbonyl (C=O) groups is 1. The lowest BCUT2D eigenvalue weighted by molar-refractivity contribution is -0.123. The first-order valence-corrected chi connectivity index (χ1v) is 6.18.